The molecule has 30 heavy (non-hydrogen) atoms. The van der Waals surface area contributed by atoms with E-state index in [1.54, 1.807) is 0 Å². The van der Waals surface area contributed by atoms with E-state index in [-0.39, 0.29) is 0 Å². The van der Waals surface area contributed by atoms with Crippen LogP contribution in [0.5, 0.6) is 11.8 Å². The van der Waals surface area contributed by atoms with Gasteiger partial charge < -0.3 is 19.4 Å². The second kappa shape index (κ2) is 8.27. The molecule has 0 bridgehead atoms. The van der Waals surface area contributed by atoms with Crippen LogP contribution in [0.2, 0.25) is 5.02 Å². The van der Waals surface area contributed by atoms with E-state index in [2.05, 4.69) is 48.4 Å². The number of fused-ring (bicyclic) bond motifs is 1. The first kappa shape index (κ1) is 19.4. The number of hydrogen-bond acceptors (Lipinski definition) is 4. The van der Waals surface area contributed by atoms with Crippen molar-refractivity contribution in [1.82, 2.24) is 9.97 Å². The number of nitrogens with zero attached hydrogens (tertiary/aromatic N) is 2. The molecule has 1 N–H and O–H groups in total. The molecular formula is C23H21ClN3O2P. The second-order valence-corrected chi connectivity index (χ2v) is 8.29. The molecule has 0 saturated carbocycles. The number of morpholine rings is 1. The summed E-state index contributed by atoms with van der Waals surface area (Å²) >= 11 is 6.60. The van der Waals surface area contributed by atoms with Crippen molar-refractivity contribution in [2.75, 3.05) is 31.2 Å². The number of benzene rings is 3. The van der Waals surface area contributed by atoms with Gasteiger partial charge in [-0.2, -0.15) is 4.98 Å². The minimum Gasteiger partial charge on any atom is -0.426 e. The molecule has 0 aliphatic carbocycles. The largest absolute Gasteiger partial charge is 0.426 e. The van der Waals surface area contributed by atoms with Gasteiger partial charge in [-0.1, -0.05) is 35.9 Å². The third-order valence-corrected chi connectivity index (χ3v) is 5.85. The summed E-state index contributed by atoms with van der Waals surface area (Å²) in [5, 5.41) is 1.72. The molecule has 3 aromatic carbocycles. The van der Waals surface area contributed by atoms with Crippen LogP contribution in [-0.4, -0.2) is 36.3 Å². The number of nitrogens with one attached hydrogen (secondary N) is 1. The standard InChI is InChI=1S/C23H21ClN3O2P/c24-20-14-22-21(25-23(26-22)29-17-2-1-3-18(30)12-17)13-19(20)15-4-6-16(7-5-15)27-8-10-28-11-9-27/h1-7,12-14H,8-11,30H2,(H,25,26). The Morgan fingerprint density at radius 1 is 1.03 bits per heavy atom. The van der Waals surface area contributed by atoms with Crippen LogP contribution < -0.4 is 14.9 Å². The second-order valence-electron chi connectivity index (χ2n) is 7.21. The summed E-state index contributed by atoms with van der Waals surface area (Å²) in [5.74, 6) is 0.728. The van der Waals surface area contributed by atoms with Gasteiger partial charge in [0.05, 0.1) is 29.3 Å². The highest BCUT2D eigenvalue weighted by Gasteiger charge is 2.13. The fourth-order valence-electron chi connectivity index (χ4n) is 3.64. The normalized spacial score (nSPS) is 14.3. The van der Waals surface area contributed by atoms with Crippen LogP contribution in [-0.2, 0) is 4.74 Å². The maximum Gasteiger partial charge on any atom is 0.300 e. The monoisotopic (exact) mass is 437 g/mol. The number of imidazole rings is 1. The maximum atomic E-state index is 6.60. The van der Waals surface area contributed by atoms with Crippen molar-refractivity contribution >= 4 is 42.9 Å². The molecule has 5 nitrogen and oxygen atoms in total. The fourth-order valence-corrected chi connectivity index (χ4v) is 4.19. The number of anilines is 1. The van der Waals surface area contributed by atoms with Crippen LogP contribution in [0.25, 0.3) is 22.2 Å². The summed E-state index contributed by atoms with van der Waals surface area (Å²) in [7, 11) is 2.66. The number of rotatable bonds is 4. The van der Waals surface area contributed by atoms with E-state index in [1.165, 1.54) is 5.69 Å². The Morgan fingerprint density at radius 3 is 2.60 bits per heavy atom. The van der Waals surface area contributed by atoms with Gasteiger partial charge in [-0.25, -0.2) is 0 Å². The predicted octanol–water partition coefficient (Wildman–Crippen LogP) is 5.01. The average molecular weight is 438 g/mol. The molecule has 5 rings (SSSR count). The van der Waals surface area contributed by atoms with Gasteiger partial charge in [0.15, 0.2) is 0 Å². The summed E-state index contributed by atoms with van der Waals surface area (Å²) < 4.78 is 11.3. The van der Waals surface area contributed by atoms with E-state index in [1.807, 2.05) is 36.4 Å². The Balaban J connectivity index is 1.42. The Labute approximate surface area is 182 Å². The summed E-state index contributed by atoms with van der Waals surface area (Å²) in [5.41, 5.74) is 4.85. The SMILES string of the molecule is Pc1cccc(Oc2nc3cc(-c4ccc(N5CCOCC5)cc4)c(Cl)cc3[nH]2)c1. The van der Waals surface area contributed by atoms with E-state index in [4.69, 9.17) is 21.1 Å². The molecule has 7 heteroatoms. The molecule has 1 unspecified atom stereocenters. The van der Waals surface area contributed by atoms with Crippen LogP contribution in [0.4, 0.5) is 5.69 Å². The minimum atomic E-state index is 0.441. The van der Waals surface area contributed by atoms with E-state index in [0.717, 1.165) is 59.5 Å². The molecule has 1 saturated heterocycles. The lowest BCUT2D eigenvalue weighted by atomic mass is 10.0. The van der Waals surface area contributed by atoms with E-state index >= 15 is 0 Å². The van der Waals surface area contributed by atoms with Gasteiger partial charge in [0.25, 0.3) is 6.01 Å². The number of hydrogen-bond donors (Lipinski definition) is 1. The molecule has 0 spiro atoms. The van der Waals surface area contributed by atoms with E-state index in [9.17, 15) is 0 Å². The quantitative estimate of drug-likeness (QED) is 0.456. The number of halogens is 1. The Kier molecular flexibility index (Phi) is 5.34. The highest BCUT2D eigenvalue weighted by Crippen LogP contribution is 2.34. The first-order valence-corrected chi connectivity index (χ1v) is 10.8. The molecule has 1 atom stereocenters. The zero-order chi connectivity index (χ0) is 20.5. The van der Waals surface area contributed by atoms with Crippen LogP contribution in [0.15, 0.2) is 60.7 Å². The third kappa shape index (κ3) is 4.01. The highest BCUT2D eigenvalue weighted by molar-refractivity contribution is 7.27. The molecular weight excluding hydrogens is 417 g/mol. The van der Waals surface area contributed by atoms with Crippen molar-refractivity contribution in [2.45, 2.75) is 0 Å². The van der Waals surface area contributed by atoms with Crippen LogP contribution in [0, 0.1) is 0 Å². The van der Waals surface area contributed by atoms with Crippen molar-refractivity contribution in [3.63, 3.8) is 0 Å². The lowest BCUT2D eigenvalue weighted by Gasteiger charge is -2.29. The number of ether oxygens (including phenoxy) is 2. The van der Waals surface area contributed by atoms with Gasteiger partial charge in [-0.05, 0) is 47.3 Å². The molecule has 1 aliphatic rings. The summed E-state index contributed by atoms with van der Waals surface area (Å²) in [6, 6.07) is 20.6. The van der Waals surface area contributed by atoms with Crippen LogP contribution in [0.3, 0.4) is 0 Å². The van der Waals surface area contributed by atoms with Gasteiger partial charge in [0, 0.05) is 24.3 Å². The van der Waals surface area contributed by atoms with Gasteiger partial charge >= 0.3 is 0 Å². The molecule has 1 aromatic heterocycles. The molecule has 4 aromatic rings. The predicted molar refractivity (Wildman–Crippen MR) is 125 cm³/mol. The van der Waals surface area contributed by atoms with Crippen molar-refractivity contribution in [3.05, 3.63) is 65.7 Å². The topological polar surface area (TPSA) is 50.4 Å². The molecule has 2 heterocycles. The lowest BCUT2D eigenvalue weighted by molar-refractivity contribution is 0.122. The van der Waals surface area contributed by atoms with Crippen molar-refractivity contribution in [3.8, 4) is 22.9 Å². The Morgan fingerprint density at radius 2 is 1.83 bits per heavy atom. The molecule has 152 valence electrons. The number of aromatic amines is 1. The van der Waals surface area contributed by atoms with E-state index in [0.29, 0.717) is 11.0 Å². The van der Waals surface area contributed by atoms with E-state index < -0.39 is 0 Å². The van der Waals surface area contributed by atoms with Crippen molar-refractivity contribution in [1.29, 1.82) is 0 Å². The van der Waals surface area contributed by atoms with Crippen molar-refractivity contribution < 1.29 is 9.47 Å². The van der Waals surface area contributed by atoms with Crippen LogP contribution >= 0.6 is 20.8 Å². The first-order valence-electron chi connectivity index (χ1n) is 9.81. The highest BCUT2D eigenvalue weighted by atomic mass is 35.5. The molecule has 1 aliphatic heterocycles. The smallest absolute Gasteiger partial charge is 0.300 e. The Bertz CT molecular complexity index is 1190. The first-order chi connectivity index (χ1) is 14.7. The van der Waals surface area contributed by atoms with Gasteiger partial charge in [-0.3, -0.25) is 0 Å². The zero-order valence-electron chi connectivity index (χ0n) is 16.3. The number of H-pyrrole nitrogens is 1. The Hall–Kier alpha value is -2.59. The number of aromatic nitrogens is 2. The fraction of sp³-hybridized carbons (Fsp3) is 0.174. The molecule has 1 fully saturated rings. The third-order valence-electron chi connectivity index (χ3n) is 5.18. The van der Waals surface area contributed by atoms with Gasteiger partial charge in [0.2, 0.25) is 0 Å². The van der Waals surface area contributed by atoms with Crippen molar-refractivity contribution in [2.24, 2.45) is 0 Å². The zero-order valence-corrected chi connectivity index (χ0v) is 18.2. The summed E-state index contributed by atoms with van der Waals surface area (Å²) in [4.78, 5) is 10.1. The minimum absolute atomic E-state index is 0.441. The van der Waals surface area contributed by atoms with Gasteiger partial charge in [0.1, 0.15) is 5.75 Å². The average Bonchev–Trinajstić information content (AvgIpc) is 3.15. The summed E-state index contributed by atoms with van der Waals surface area (Å²) in [6.07, 6.45) is 0. The molecule has 0 amide bonds. The maximum absolute atomic E-state index is 6.60. The van der Waals surface area contributed by atoms with Crippen LogP contribution in [0.1, 0.15) is 0 Å². The summed E-state index contributed by atoms with van der Waals surface area (Å²) in [6.45, 7) is 3.38. The van der Waals surface area contributed by atoms with Gasteiger partial charge in [-0.15, -0.1) is 9.24 Å². The lowest BCUT2D eigenvalue weighted by Crippen LogP contribution is -2.36. The molecule has 0 radical (unpaired) electrons.